The van der Waals surface area contributed by atoms with E-state index in [1.807, 2.05) is 0 Å². The molecule has 1 aliphatic carbocycles. The second-order valence-corrected chi connectivity index (χ2v) is 6.72. The zero-order valence-electron chi connectivity index (χ0n) is 11.9. The average Bonchev–Trinajstić information content (AvgIpc) is 3.21. The molecule has 2 heterocycles. The molecule has 3 heteroatoms. The molecule has 2 aliphatic heterocycles. The first kappa shape index (κ1) is 12.9. The Balaban J connectivity index is 1.33. The third-order valence-corrected chi connectivity index (χ3v) is 5.01. The van der Waals surface area contributed by atoms with Gasteiger partial charge in [-0.3, -0.25) is 0 Å². The summed E-state index contributed by atoms with van der Waals surface area (Å²) in [4.78, 5) is 5.21. The number of nitrogens with one attached hydrogen (secondary N) is 1. The largest absolute Gasteiger partial charge is 0.314 e. The van der Waals surface area contributed by atoms with Gasteiger partial charge < -0.3 is 15.1 Å². The third kappa shape index (κ3) is 3.46. The number of rotatable bonds is 4. The molecular formula is C15H29N3. The second-order valence-electron chi connectivity index (χ2n) is 6.72. The zero-order chi connectivity index (χ0) is 12.4. The van der Waals surface area contributed by atoms with Crippen molar-refractivity contribution in [2.24, 2.45) is 5.92 Å². The highest BCUT2D eigenvalue weighted by molar-refractivity contribution is 4.89. The lowest BCUT2D eigenvalue weighted by atomic mass is 9.97. The lowest BCUT2D eigenvalue weighted by Gasteiger charge is -2.35. The van der Waals surface area contributed by atoms with Crippen LogP contribution in [0.15, 0.2) is 0 Å². The van der Waals surface area contributed by atoms with Crippen molar-refractivity contribution in [2.45, 2.75) is 50.6 Å². The monoisotopic (exact) mass is 251 g/mol. The smallest absolute Gasteiger partial charge is 0.00964 e. The molecule has 1 unspecified atom stereocenters. The maximum Gasteiger partial charge on any atom is 0.00964 e. The molecule has 3 rings (SSSR count). The minimum Gasteiger partial charge on any atom is -0.314 e. The van der Waals surface area contributed by atoms with Crippen molar-refractivity contribution in [3.05, 3.63) is 0 Å². The first-order chi connectivity index (χ1) is 8.81. The Kier molecular flexibility index (Phi) is 4.22. The maximum atomic E-state index is 3.84. The molecule has 3 fully saturated rings. The van der Waals surface area contributed by atoms with E-state index in [2.05, 4.69) is 22.2 Å². The van der Waals surface area contributed by atoms with Crippen molar-refractivity contribution >= 4 is 0 Å². The SMILES string of the molecule is CN1CCCC(CNC2CCN(C3CC3)CC2)C1. The van der Waals surface area contributed by atoms with Gasteiger partial charge in [0.25, 0.3) is 0 Å². The van der Waals surface area contributed by atoms with Crippen LogP contribution >= 0.6 is 0 Å². The van der Waals surface area contributed by atoms with Crippen molar-refractivity contribution in [1.82, 2.24) is 15.1 Å². The normalized spacial score (nSPS) is 32.8. The van der Waals surface area contributed by atoms with Gasteiger partial charge in [0.2, 0.25) is 0 Å². The summed E-state index contributed by atoms with van der Waals surface area (Å²) in [6, 6.07) is 1.77. The lowest BCUT2D eigenvalue weighted by Crippen LogP contribution is -2.46. The van der Waals surface area contributed by atoms with E-state index in [1.54, 1.807) is 0 Å². The molecule has 1 N–H and O–H groups in total. The van der Waals surface area contributed by atoms with Crippen LogP contribution in [-0.4, -0.2) is 61.7 Å². The molecule has 104 valence electrons. The van der Waals surface area contributed by atoms with E-state index in [0.29, 0.717) is 0 Å². The summed E-state index contributed by atoms with van der Waals surface area (Å²) >= 11 is 0. The van der Waals surface area contributed by atoms with E-state index in [0.717, 1.165) is 18.0 Å². The molecule has 2 saturated heterocycles. The van der Waals surface area contributed by atoms with Crippen LogP contribution in [0.3, 0.4) is 0 Å². The topological polar surface area (TPSA) is 18.5 Å². The fraction of sp³-hybridized carbons (Fsp3) is 1.00. The molecule has 0 aromatic rings. The van der Waals surface area contributed by atoms with Gasteiger partial charge in [0.1, 0.15) is 0 Å². The Morgan fingerprint density at radius 3 is 2.44 bits per heavy atom. The van der Waals surface area contributed by atoms with Gasteiger partial charge >= 0.3 is 0 Å². The average molecular weight is 251 g/mol. The Labute approximate surface area is 112 Å². The van der Waals surface area contributed by atoms with Gasteiger partial charge in [-0.25, -0.2) is 0 Å². The van der Waals surface area contributed by atoms with Crippen molar-refractivity contribution in [3.63, 3.8) is 0 Å². The van der Waals surface area contributed by atoms with Crippen LogP contribution in [0.4, 0.5) is 0 Å². The quantitative estimate of drug-likeness (QED) is 0.818. The molecule has 3 nitrogen and oxygen atoms in total. The van der Waals surface area contributed by atoms with Gasteiger partial charge in [0, 0.05) is 18.6 Å². The van der Waals surface area contributed by atoms with Crippen LogP contribution < -0.4 is 5.32 Å². The van der Waals surface area contributed by atoms with Gasteiger partial charge in [-0.2, -0.15) is 0 Å². The molecule has 1 atom stereocenters. The highest BCUT2D eigenvalue weighted by Crippen LogP contribution is 2.29. The van der Waals surface area contributed by atoms with E-state index in [9.17, 15) is 0 Å². The summed E-state index contributed by atoms with van der Waals surface area (Å²) in [6.07, 6.45) is 8.50. The van der Waals surface area contributed by atoms with Crippen LogP contribution in [0.2, 0.25) is 0 Å². The predicted molar refractivity (Wildman–Crippen MR) is 75.8 cm³/mol. The summed E-state index contributed by atoms with van der Waals surface area (Å²) in [5, 5.41) is 3.84. The van der Waals surface area contributed by atoms with Crippen molar-refractivity contribution in [1.29, 1.82) is 0 Å². The van der Waals surface area contributed by atoms with Crippen molar-refractivity contribution in [3.8, 4) is 0 Å². The first-order valence-corrected chi connectivity index (χ1v) is 7.97. The Morgan fingerprint density at radius 2 is 1.78 bits per heavy atom. The number of nitrogens with zero attached hydrogens (tertiary/aromatic N) is 2. The molecule has 18 heavy (non-hydrogen) atoms. The molecular weight excluding hydrogens is 222 g/mol. The van der Waals surface area contributed by atoms with Crippen LogP contribution in [0.5, 0.6) is 0 Å². The molecule has 0 spiro atoms. The maximum absolute atomic E-state index is 3.84. The minimum atomic E-state index is 0.798. The summed E-state index contributed by atoms with van der Waals surface area (Å²) < 4.78 is 0. The Hall–Kier alpha value is -0.120. The van der Waals surface area contributed by atoms with Gasteiger partial charge in [0.15, 0.2) is 0 Å². The number of hydrogen-bond donors (Lipinski definition) is 1. The summed E-state index contributed by atoms with van der Waals surface area (Å²) in [5.41, 5.74) is 0. The molecule has 0 radical (unpaired) electrons. The van der Waals surface area contributed by atoms with E-state index in [4.69, 9.17) is 0 Å². The number of likely N-dealkylation sites (tertiary alicyclic amines) is 2. The van der Waals surface area contributed by atoms with Gasteiger partial charge in [-0.15, -0.1) is 0 Å². The molecule has 0 aromatic heterocycles. The highest BCUT2D eigenvalue weighted by atomic mass is 15.2. The predicted octanol–water partition coefficient (Wildman–Crippen LogP) is 1.54. The number of piperidine rings is 2. The first-order valence-electron chi connectivity index (χ1n) is 7.97. The van der Waals surface area contributed by atoms with Crippen LogP contribution in [0, 0.1) is 5.92 Å². The molecule has 0 amide bonds. The summed E-state index contributed by atoms with van der Waals surface area (Å²) in [5.74, 6) is 0.894. The Bertz CT molecular complexity index is 256. The molecule has 1 saturated carbocycles. The molecule has 3 aliphatic rings. The van der Waals surface area contributed by atoms with Gasteiger partial charge in [0.05, 0.1) is 0 Å². The van der Waals surface area contributed by atoms with Crippen molar-refractivity contribution in [2.75, 3.05) is 39.8 Å². The van der Waals surface area contributed by atoms with Crippen LogP contribution in [0.1, 0.15) is 38.5 Å². The minimum absolute atomic E-state index is 0.798. The van der Waals surface area contributed by atoms with Crippen LogP contribution in [0.25, 0.3) is 0 Å². The fourth-order valence-electron chi connectivity index (χ4n) is 3.68. The van der Waals surface area contributed by atoms with Gasteiger partial charge in [-0.05, 0) is 77.7 Å². The van der Waals surface area contributed by atoms with Crippen LogP contribution in [-0.2, 0) is 0 Å². The zero-order valence-corrected chi connectivity index (χ0v) is 11.9. The standard InChI is InChI=1S/C15H29N3/c1-17-8-2-3-13(12-17)11-16-14-6-9-18(10-7-14)15-4-5-15/h13-16H,2-12H2,1H3. The third-order valence-electron chi connectivity index (χ3n) is 5.01. The lowest BCUT2D eigenvalue weighted by molar-refractivity contribution is 0.171. The van der Waals surface area contributed by atoms with E-state index < -0.39 is 0 Å². The summed E-state index contributed by atoms with van der Waals surface area (Å²) in [7, 11) is 2.26. The van der Waals surface area contributed by atoms with E-state index >= 15 is 0 Å². The fourth-order valence-corrected chi connectivity index (χ4v) is 3.68. The summed E-state index contributed by atoms with van der Waals surface area (Å²) in [6.45, 7) is 6.53. The number of hydrogen-bond acceptors (Lipinski definition) is 3. The van der Waals surface area contributed by atoms with E-state index in [1.165, 1.54) is 71.2 Å². The Morgan fingerprint density at radius 1 is 1.00 bits per heavy atom. The highest BCUT2D eigenvalue weighted by Gasteiger charge is 2.31. The second kappa shape index (κ2) is 5.89. The molecule has 0 aromatic carbocycles. The van der Waals surface area contributed by atoms with Crippen molar-refractivity contribution < 1.29 is 0 Å². The van der Waals surface area contributed by atoms with Gasteiger partial charge in [-0.1, -0.05) is 0 Å². The molecule has 0 bridgehead atoms. The van der Waals surface area contributed by atoms with E-state index in [-0.39, 0.29) is 0 Å².